The maximum atomic E-state index is 13.6. The number of nitrogens with one attached hydrogen (secondary N) is 2. The summed E-state index contributed by atoms with van der Waals surface area (Å²) < 4.78 is 0. The van der Waals surface area contributed by atoms with Gasteiger partial charge in [0.25, 0.3) is 5.91 Å². The van der Waals surface area contributed by atoms with Crippen molar-refractivity contribution in [1.29, 1.82) is 0 Å². The molecule has 0 bridgehead atoms. The first-order valence-corrected chi connectivity index (χ1v) is 13.2. The van der Waals surface area contributed by atoms with Crippen LogP contribution in [-0.2, 0) is 14.4 Å². The Balaban J connectivity index is 1.46. The third-order valence-corrected chi connectivity index (χ3v) is 8.24. The fourth-order valence-corrected chi connectivity index (χ4v) is 6.16. The zero-order valence-corrected chi connectivity index (χ0v) is 20.3. The second-order valence-corrected chi connectivity index (χ2v) is 10.7. The van der Waals surface area contributed by atoms with E-state index in [0.29, 0.717) is 18.9 Å². The van der Waals surface area contributed by atoms with Crippen molar-refractivity contribution in [2.24, 2.45) is 11.8 Å². The highest BCUT2D eigenvalue weighted by atomic mass is 16.3. The number of fused-ring (bicyclic) bond motifs is 1. The molecular weight excluding hydrogens is 420 g/mol. The molecule has 2 heterocycles. The Kier molecular flexibility index (Phi) is 7.95. The van der Waals surface area contributed by atoms with E-state index in [2.05, 4.69) is 15.5 Å². The summed E-state index contributed by atoms with van der Waals surface area (Å²) in [7, 11) is 0. The molecule has 2 aliphatic heterocycles. The van der Waals surface area contributed by atoms with Crippen LogP contribution in [-0.4, -0.2) is 82.5 Å². The minimum atomic E-state index is -1.27. The lowest BCUT2D eigenvalue weighted by Crippen LogP contribution is -2.58. The van der Waals surface area contributed by atoms with E-state index in [9.17, 15) is 19.5 Å². The summed E-state index contributed by atoms with van der Waals surface area (Å²) in [5.74, 6) is -0.0351. The van der Waals surface area contributed by atoms with Gasteiger partial charge in [-0.2, -0.15) is 0 Å². The molecule has 0 aromatic heterocycles. The summed E-state index contributed by atoms with van der Waals surface area (Å²) >= 11 is 0. The Morgan fingerprint density at radius 1 is 1.03 bits per heavy atom. The molecule has 33 heavy (non-hydrogen) atoms. The van der Waals surface area contributed by atoms with Gasteiger partial charge in [0.2, 0.25) is 11.8 Å². The van der Waals surface area contributed by atoms with Gasteiger partial charge >= 0.3 is 0 Å². The molecule has 8 heteroatoms. The highest BCUT2D eigenvalue weighted by Gasteiger charge is 2.51. The average Bonchev–Trinajstić information content (AvgIpc) is 3.38. The average molecular weight is 463 g/mol. The molecule has 8 nitrogen and oxygen atoms in total. The van der Waals surface area contributed by atoms with Gasteiger partial charge in [0.1, 0.15) is 6.04 Å². The van der Waals surface area contributed by atoms with Crippen molar-refractivity contribution >= 4 is 17.7 Å². The molecule has 3 N–H and O–H groups in total. The predicted molar refractivity (Wildman–Crippen MR) is 125 cm³/mol. The number of carbonyl (C=O) groups excluding carboxylic acids is 3. The van der Waals surface area contributed by atoms with Gasteiger partial charge in [-0.25, -0.2) is 0 Å². The first-order valence-electron chi connectivity index (χ1n) is 13.2. The number of amides is 3. The van der Waals surface area contributed by atoms with E-state index in [1.54, 1.807) is 0 Å². The van der Waals surface area contributed by atoms with Gasteiger partial charge in [-0.3, -0.25) is 19.3 Å². The van der Waals surface area contributed by atoms with Crippen molar-refractivity contribution < 1.29 is 19.5 Å². The summed E-state index contributed by atoms with van der Waals surface area (Å²) in [6, 6.07) is -1.21. The molecule has 6 unspecified atom stereocenters. The van der Waals surface area contributed by atoms with E-state index in [1.165, 1.54) is 6.42 Å². The normalized spacial score (nSPS) is 30.4. The third-order valence-electron chi connectivity index (χ3n) is 8.24. The standard InChI is InChI=1S/C25H42N4O4/c1-3-8-20(22(30)24(32)26-18-11-12-18)27-23(31)21-19-10-7-9-17(19)15-29(21)25(33)16(2)28-13-5-4-6-14-28/h16-22,30H,3-15H2,1-2H3,(H,26,32)(H,27,31). The van der Waals surface area contributed by atoms with Crippen LogP contribution in [0.4, 0.5) is 0 Å². The Morgan fingerprint density at radius 3 is 2.42 bits per heavy atom. The smallest absolute Gasteiger partial charge is 0.251 e. The number of aliphatic hydroxyl groups excluding tert-OH is 1. The molecule has 0 radical (unpaired) electrons. The van der Waals surface area contributed by atoms with Crippen LogP contribution in [0.3, 0.4) is 0 Å². The maximum Gasteiger partial charge on any atom is 0.251 e. The number of hydrogen-bond donors (Lipinski definition) is 3. The third kappa shape index (κ3) is 5.53. The SMILES string of the molecule is CCCC(NC(=O)C1C2CCCC2CN1C(=O)C(C)N1CCCCC1)C(O)C(=O)NC1CC1. The molecule has 4 rings (SSSR count). The number of carbonyl (C=O) groups is 3. The maximum absolute atomic E-state index is 13.6. The van der Waals surface area contributed by atoms with Crippen molar-refractivity contribution in [3.63, 3.8) is 0 Å². The fourth-order valence-electron chi connectivity index (χ4n) is 6.16. The van der Waals surface area contributed by atoms with Gasteiger partial charge in [0, 0.05) is 12.6 Å². The second kappa shape index (κ2) is 10.7. The molecule has 6 atom stereocenters. The summed E-state index contributed by atoms with van der Waals surface area (Å²) in [5, 5.41) is 16.5. The molecule has 3 amide bonds. The molecule has 4 aliphatic rings. The van der Waals surface area contributed by atoms with Crippen molar-refractivity contribution in [2.75, 3.05) is 19.6 Å². The number of aliphatic hydroxyl groups is 1. The molecule has 0 aromatic carbocycles. The van der Waals surface area contributed by atoms with Crippen LogP contribution in [0.25, 0.3) is 0 Å². The highest BCUT2D eigenvalue weighted by Crippen LogP contribution is 2.42. The van der Waals surface area contributed by atoms with Crippen LogP contribution in [0.2, 0.25) is 0 Å². The lowest BCUT2D eigenvalue weighted by atomic mass is 9.92. The Hall–Kier alpha value is -1.67. The molecule has 2 saturated carbocycles. The number of likely N-dealkylation sites (tertiary alicyclic amines) is 2. The van der Waals surface area contributed by atoms with Crippen LogP contribution in [0, 0.1) is 11.8 Å². The minimum absolute atomic E-state index is 0.0468. The molecule has 0 aromatic rings. The summed E-state index contributed by atoms with van der Waals surface area (Å²) in [6.07, 6.45) is 8.43. The molecule has 0 spiro atoms. The molecule has 2 aliphatic carbocycles. The molecule has 4 fully saturated rings. The largest absolute Gasteiger partial charge is 0.381 e. The lowest BCUT2D eigenvalue weighted by Gasteiger charge is -2.36. The van der Waals surface area contributed by atoms with E-state index in [0.717, 1.165) is 64.5 Å². The van der Waals surface area contributed by atoms with Gasteiger partial charge in [0.15, 0.2) is 6.10 Å². The molecule has 186 valence electrons. The first-order chi connectivity index (χ1) is 15.9. The van der Waals surface area contributed by atoms with Gasteiger partial charge in [-0.05, 0) is 76.8 Å². The van der Waals surface area contributed by atoms with E-state index >= 15 is 0 Å². The Labute approximate surface area is 197 Å². The quantitative estimate of drug-likeness (QED) is 0.481. The van der Waals surface area contributed by atoms with Crippen LogP contribution in [0.15, 0.2) is 0 Å². The van der Waals surface area contributed by atoms with Crippen molar-refractivity contribution in [1.82, 2.24) is 20.4 Å². The van der Waals surface area contributed by atoms with Crippen LogP contribution in [0.5, 0.6) is 0 Å². The zero-order chi connectivity index (χ0) is 23.5. The Morgan fingerprint density at radius 2 is 1.76 bits per heavy atom. The van der Waals surface area contributed by atoms with Crippen molar-refractivity contribution in [3.8, 4) is 0 Å². The number of nitrogens with zero attached hydrogens (tertiary/aromatic N) is 2. The predicted octanol–water partition coefficient (Wildman–Crippen LogP) is 1.41. The van der Waals surface area contributed by atoms with E-state index in [4.69, 9.17) is 0 Å². The summed E-state index contributed by atoms with van der Waals surface area (Å²) in [5.41, 5.74) is 0. The van der Waals surface area contributed by atoms with Crippen LogP contribution < -0.4 is 10.6 Å². The summed E-state index contributed by atoms with van der Waals surface area (Å²) in [6.45, 7) is 6.46. The highest BCUT2D eigenvalue weighted by molar-refractivity contribution is 5.91. The molecular formula is C25H42N4O4. The van der Waals surface area contributed by atoms with Crippen LogP contribution in [0.1, 0.15) is 78.1 Å². The Bertz CT molecular complexity index is 721. The van der Waals surface area contributed by atoms with E-state index in [-0.39, 0.29) is 29.8 Å². The monoisotopic (exact) mass is 462 g/mol. The van der Waals surface area contributed by atoms with Crippen molar-refractivity contribution in [2.45, 2.75) is 108 Å². The van der Waals surface area contributed by atoms with Crippen molar-refractivity contribution in [3.05, 3.63) is 0 Å². The fraction of sp³-hybridized carbons (Fsp3) is 0.880. The van der Waals surface area contributed by atoms with E-state index in [1.807, 2.05) is 18.7 Å². The summed E-state index contributed by atoms with van der Waals surface area (Å²) in [4.78, 5) is 43.7. The zero-order valence-electron chi connectivity index (χ0n) is 20.3. The topological polar surface area (TPSA) is 102 Å². The number of rotatable bonds is 9. The van der Waals surface area contributed by atoms with E-state index < -0.39 is 24.1 Å². The van der Waals surface area contributed by atoms with Gasteiger partial charge in [0.05, 0.1) is 12.1 Å². The first kappa shape index (κ1) is 24.5. The second-order valence-electron chi connectivity index (χ2n) is 10.7. The number of hydrogen-bond acceptors (Lipinski definition) is 5. The molecule has 2 saturated heterocycles. The van der Waals surface area contributed by atoms with Gasteiger partial charge < -0.3 is 20.6 Å². The van der Waals surface area contributed by atoms with Gasteiger partial charge in [-0.15, -0.1) is 0 Å². The van der Waals surface area contributed by atoms with Crippen LogP contribution >= 0.6 is 0 Å². The van der Waals surface area contributed by atoms with Gasteiger partial charge in [-0.1, -0.05) is 26.2 Å². The minimum Gasteiger partial charge on any atom is -0.381 e. The lowest BCUT2D eigenvalue weighted by molar-refractivity contribution is -0.144. The number of piperidine rings is 1.